The third kappa shape index (κ3) is 4.25. The lowest BCUT2D eigenvalue weighted by molar-refractivity contribution is 0.0950. The molecule has 0 fully saturated rings. The number of benzene rings is 1. The standard InChI is InChI=1S/C19H23N5O/c1-2-3-7-23-8-9-24-18(14-23)11-17(22-24)13-21-19(25)16-6-4-5-15(10-16)12-20/h4-6,10-11H,2-3,7-9,13-14H2,1H3,(H,21,25). The highest BCUT2D eigenvalue weighted by atomic mass is 16.1. The van der Waals surface area contributed by atoms with Crippen molar-refractivity contribution in [2.24, 2.45) is 0 Å². The number of rotatable bonds is 6. The minimum Gasteiger partial charge on any atom is -0.346 e. The summed E-state index contributed by atoms with van der Waals surface area (Å²) < 4.78 is 2.04. The zero-order valence-electron chi connectivity index (χ0n) is 14.5. The molecule has 1 amide bonds. The summed E-state index contributed by atoms with van der Waals surface area (Å²) in [6.45, 7) is 6.58. The van der Waals surface area contributed by atoms with E-state index < -0.39 is 0 Å². The summed E-state index contributed by atoms with van der Waals surface area (Å²) >= 11 is 0. The van der Waals surface area contributed by atoms with Gasteiger partial charge in [-0.25, -0.2) is 0 Å². The van der Waals surface area contributed by atoms with E-state index >= 15 is 0 Å². The van der Waals surface area contributed by atoms with E-state index in [1.807, 2.05) is 10.8 Å². The molecule has 0 bridgehead atoms. The number of nitrogens with zero attached hydrogens (tertiary/aromatic N) is 4. The van der Waals surface area contributed by atoms with Gasteiger partial charge in [0.25, 0.3) is 5.91 Å². The second-order valence-electron chi connectivity index (χ2n) is 6.36. The van der Waals surface area contributed by atoms with Gasteiger partial charge in [-0.05, 0) is 37.2 Å². The quantitative estimate of drug-likeness (QED) is 0.878. The van der Waals surface area contributed by atoms with E-state index in [-0.39, 0.29) is 5.91 Å². The summed E-state index contributed by atoms with van der Waals surface area (Å²) in [6.07, 6.45) is 2.43. The van der Waals surface area contributed by atoms with Crippen LogP contribution in [0.5, 0.6) is 0 Å². The predicted octanol–water partition coefficient (Wildman–Crippen LogP) is 2.30. The van der Waals surface area contributed by atoms with E-state index in [1.165, 1.54) is 18.5 Å². The van der Waals surface area contributed by atoms with Crippen LogP contribution in [0.15, 0.2) is 30.3 Å². The number of hydrogen-bond donors (Lipinski definition) is 1. The first kappa shape index (κ1) is 17.2. The summed E-state index contributed by atoms with van der Waals surface area (Å²) in [5.41, 5.74) is 3.06. The zero-order chi connectivity index (χ0) is 17.6. The first-order chi connectivity index (χ1) is 12.2. The lowest BCUT2D eigenvalue weighted by atomic mass is 10.1. The van der Waals surface area contributed by atoms with Crippen LogP contribution in [-0.4, -0.2) is 33.7 Å². The minimum atomic E-state index is -0.187. The van der Waals surface area contributed by atoms with Crippen LogP contribution in [-0.2, 0) is 19.6 Å². The van der Waals surface area contributed by atoms with Gasteiger partial charge >= 0.3 is 0 Å². The number of aromatic nitrogens is 2. The Kier molecular flexibility index (Phi) is 5.46. The normalized spacial score (nSPS) is 13.9. The summed E-state index contributed by atoms with van der Waals surface area (Å²) in [7, 11) is 0. The summed E-state index contributed by atoms with van der Waals surface area (Å²) in [4.78, 5) is 14.7. The van der Waals surface area contributed by atoms with E-state index in [2.05, 4.69) is 28.3 Å². The number of nitriles is 1. The number of fused-ring (bicyclic) bond motifs is 1. The first-order valence-corrected chi connectivity index (χ1v) is 8.76. The van der Waals surface area contributed by atoms with Gasteiger partial charge in [-0.3, -0.25) is 14.4 Å². The van der Waals surface area contributed by atoms with Crippen molar-refractivity contribution in [1.82, 2.24) is 20.0 Å². The molecule has 1 aromatic carbocycles. The van der Waals surface area contributed by atoms with E-state index in [0.29, 0.717) is 17.7 Å². The van der Waals surface area contributed by atoms with Crippen LogP contribution in [0.3, 0.4) is 0 Å². The molecule has 1 aliphatic rings. The Morgan fingerprint density at radius 3 is 3.04 bits per heavy atom. The molecule has 3 rings (SSSR count). The molecular formula is C19H23N5O. The molecule has 2 aromatic rings. The Morgan fingerprint density at radius 2 is 2.24 bits per heavy atom. The molecule has 1 aromatic heterocycles. The predicted molar refractivity (Wildman–Crippen MR) is 94.7 cm³/mol. The molecule has 25 heavy (non-hydrogen) atoms. The Labute approximate surface area is 148 Å². The molecule has 2 heterocycles. The van der Waals surface area contributed by atoms with Crippen LogP contribution < -0.4 is 5.32 Å². The molecule has 0 radical (unpaired) electrons. The maximum Gasteiger partial charge on any atom is 0.251 e. The highest BCUT2D eigenvalue weighted by Gasteiger charge is 2.18. The fourth-order valence-electron chi connectivity index (χ4n) is 3.04. The van der Waals surface area contributed by atoms with Crippen molar-refractivity contribution in [2.75, 3.05) is 13.1 Å². The average Bonchev–Trinajstić information content (AvgIpc) is 3.06. The maximum absolute atomic E-state index is 12.2. The van der Waals surface area contributed by atoms with Crippen molar-refractivity contribution in [1.29, 1.82) is 5.26 Å². The second-order valence-corrected chi connectivity index (χ2v) is 6.36. The maximum atomic E-state index is 12.2. The van der Waals surface area contributed by atoms with Crippen LogP contribution in [0.1, 0.15) is 47.1 Å². The Hall–Kier alpha value is -2.65. The molecule has 0 atom stereocenters. The third-order valence-corrected chi connectivity index (χ3v) is 4.44. The van der Waals surface area contributed by atoms with Gasteiger partial charge in [0.1, 0.15) is 0 Å². The van der Waals surface area contributed by atoms with E-state index in [4.69, 9.17) is 5.26 Å². The fourth-order valence-corrected chi connectivity index (χ4v) is 3.04. The average molecular weight is 337 g/mol. The molecule has 0 saturated carbocycles. The minimum absolute atomic E-state index is 0.187. The topological polar surface area (TPSA) is 74.0 Å². The Bertz CT molecular complexity index is 789. The summed E-state index contributed by atoms with van der Waals surface area (Å²) in [5, 5.41) is 16.4. The van der Waals surface area contributed by atoms with Crippen molar-refractivity contribution < 1.29 is 4.79 Å². The van der Waals surface area contributed by atoms with Gasteiger partial charge in [-0.15, -0.1) is 0 Å². The highest BCUT2D eigenvalue weighted by Crippen LogP contribution is 2.14. The van der Waals surface area contributed by atoms with E-state index in [9.17, 15) is 4.79 Å². The van der Waals surface area contributed by atoms with Crippen molar-refractivity contribution in [3.8, 4) is 6.07 Å². The number of amides is 1. The van der Waals surface area contributed by atoms with Crippen molar-refractivity contribution >= 4 is 5.91 Å². The third-order valence-electron chi connectivity index (χ3n) is 4.44. The molecule has 130 valence electrons. The van der Waals surface area contributed by atoms with Gasteiger partial charge in [0, 0.05) is 18.7 Å². The van der Waals surface area contributed by atoms with Crippen molar-refractivity contribution in [3.63, 3.8) is 0 Å². The summed E-state index contributed by atoms with van der Waals surface area (Å²) in [5.74, 6) is -0.187. The number of carbonyl (C=O) groups is 1. The SMILES string of the molecule is CCCCN1CCn2nc(CNC(=O)c3cccc(C#N)c3)cc2C1. The molecule has 0 spiro atoms. The Morgan fingerprint density at radius 1 is 1.36 bits per heavy atom. The number of carbonyl (C=O) groups excluding carboxylic acids is 1. The van der Waals surface area contributed by atoms with Gasteiger partial charge in [0.05, 0.1) is 36.1 Å². The monoisotopic (exact) mass is 337 g/mol. The lowest BCUT2D eigenvalue weighted by Gasteiger charge is -2.27. The van der Waals surface area contributed by atoms with Gasteiger partial charge < -0.3 is 5.32 Å². The molecular weight excluding hydrogens is 314 g/mol. The van der Waals surface area contributed by atoms with Gasteiger partial charge in [0.2, 0.25) is 0 Å². The number of unbranched alkanes of at least 4 members (excludes halogenated alkanes) is 1. The van der Waals surface area contributed by atoms with E-state index in [1.54, 1.807) is 24.3 Å². The lowest BCUT2D eigenvalue weighted by Crippen LogP contribution is -2.34. The smallest absolute Gasteiger partial charge is 0.251 e. The zero-order valence-corrected chi connectivity index (χ0v) is 14.5. The highest BCUT2D eigenvalue weighted by molar-refractivity contribution is 5.94. The largest absolute Gasteiger partial charge is 0.346 e. The van der Waals surface area contributed by atoms with Crippen molar-refractivity contribution in [3.05, 3.63) is 52.8 Å². The summed E-state index contributed by atoms with van der Waals surface area (Å²) in [6, 6.07) is 10.8. The van der Waals surface area contributed by atoms with Crippen LogP contribution >= 0.6 is 0 Å². The Balaban J connectivity index is 1.58. The van der Waals surface area contributed by atoms with Crippen LogP contribution in [0, 0.1) is 11.3 Å². The van der Waals surface area contributed by atoms with Gasteiger partial charge in [0.15, 0.2) is 0 Å². The first-order valence-electron chi connectivity index (χ1n) is 8.76. The van der Waals surface area contributed by atoms with Gasteiger partial charge in [-0.2, -0.15) is 10.4 Å². The molecule has 0 saturated heterocycles. The molecule has 1 N–H and O–H groups in total. The molecule has 0 unspecified atom stereocenters. The number of nitrogens with one attached hydrogen (secondary N) is 1. The van der Waals surface area contributed by atoms with Crippen LogP contribution in [0.25, 0.3) is 0 Å². The second kappa shape index (κ2) is 7.95. The van der Waals surface area contributed by atoms with Crippen LogP contribution in [0.2, 0.25) is 0 Å². The van der Waals surface area contributed by atoms with E-state index in [0.717, 1.165) is 31.9 Å². The molecule has 6 heteroatoms. The molecule has 0 aliphatic carbocycles. The molecule has 1 aliphatic heterocycles. The number of hydrogen-bond acceptors (Lipinski definition) is 4. The van der Waals surface area contributed by atoms with Gasteiger partial charge in [-0.1, -0.05) is 19.4 Å². The molecule has 6 nitrogen and oxygen atoms in total. The fraction of sp³-hybridized carbons (Fsp3) is 0.421. The van der Waals surface area contributed by atoms with Crippen LogP contribution in [0.4, 0.5) is 0 Å². The van der Waals surface area contributed by atoms with Crippen molar-refractivity contribution in [2.45, 2.75) is 39.4 Å².